The van der Waals surface area contributed by atoms with Crippen molar-refractivity contribution in [2.24, 2.45) is 0 Å². The number of ether oxygens (including phenoxy) is 2. The first kappa shape index (κ1) is 31.9. The SMILES string of the molecule is CCCCCCCCCCCc1ccccc1OC(C)COC(=O)C(CCC)[N+](C)(C)Cc1ccccc1. The number of esters is 1. The van der Waals surface area contributed by atoms with Gasteiger partial charge in [0.05, 0.1) is 14.1 Å². The lowest BCUT2D eigenvalue weighted by Crippen LogP contribution is -2.53. The molecule has 0 aliphatic rings. The normalized spacial score (nSPS) is 13.2. The average Bonchev–Trinajstić information content (AvgIpc) is 2.90. The number of para-hydroxylation sites is 1. The summed E-state index contributed by atoms with van der Waals surface area (Å²) in [6.45, 7) is 7.43. The van der Waals surface area contributed by atoms with Crippen LogP contribution in [0, 0.1) is 0 Å². The first-order valence-electron chi connectivity index (χ1n) is 15.1. The molecule has 0 saturated carbocycles. The fourth-order valence-electron chi connectivity index (χ4n) is 5.19. The standard InChI is InChI=1S/C34H54NO3/c1-6-8-9-10-11-12-13-14-18-24-31-25-19-20-26-33(31)38-29(3)28-37-34(36)32(21-7-2)35(4,5)27-30-22-16-15-17-23-30/h15-17,19-20,22-23,25-26,29,32H,6-14,18,21,24,27-28H2,1-5H3/q+1. The summed E-state index contributed by atoms with van der Waals surface area (Å²) in [7, 11) is 4.24. The molecular formula is C34H54NO3+. The number of unbranched alkanes of at least 4 members (excludes halogenated alkanes) is 8. The van der Waals surface area contributed by atoms with Crippen LogP contribution in [0.2, 0.25) is 0 Å². The molecular weight excluding hydrogens is 470 g/mol. The molecule has 4 nitrogen and oxygen atoms in total. The van der Waals surface area contributed by atoms with Crippen molar-refractivity contribution in [1.29, 1.82) is 0 Å². The molecule has 0 aromatic heterocycles. The van der Waals surface area contributed by atoms with Gasteiger partial charge in [0.25, 0.3) is 0 Å². The van der Waals surface area contributed by atoms with E-state index in [0.717, 1.165) is 31.6 Å². The third kappa shape index (κ3) is 12.0. The largest absolute Gasteiger partial charge is 0.487 e. The van der Waals surface area contributed by atoms with Crippen molar-refractivity contribution in [3.8, 4) is 5.75 Å². The van der Waals surface area contributed by atoms with Crippen molar-refractivity contribution < 1.29 is 18.8 Å². The Kier molecular flexibility index (Phi) is 15.1. The highest BCUT2D eigenvalue weighted by Gasteiger charge is 2.36. The van der Waals surface area contributed by atoms with Crippen LogP contribution in [0.5, 0.6) is 5.75 Å². The molecule has 0 heterocycles. The lowest BCUT2D eigenvalue weighted by molar-refractivity contribution is -0.920. The Morgan fingerprint density at radius 1 is 0.789 bits per heavy atom. The summed E-state index contributed by atoms with van der Waals surface area (Å²) in [6.07, 6.45) is 14.5. The number of hydrogen-bond acceptors (Lipinski definition) is 3. The van der Waals surface area contributed by atoms with Gasteiger partial charge in [0.15, 0.2) is 6.04 Å². The Morgan fingerprint density at radius 2 is 1.39 bits per heavy atom. The van der Waals surface area contributed by atoms with E-state index in [1.807, 2.05) is 25.1 Å². The van der Waals surface area contributed by atoms with Crippen LogP contribution >= 0.6 is 0 Å². The van der Waals surface area contributed by atoms with Gasteiger partial charge in [-0.2, -0.15) is 0 Å². The average molecular weight is 525 g/mol. The van der Waals surface area contributed by atoms with Crippen LogP contribution in [-0.2, 0) is 22.5 Å². The quantitative estimate of drug-likeness (QED) is 0.0989. The van der Waals surface area contributed by atoms with Gasteiger partial charge in [-0.1, -0.05) is 114 Å². The van der Waals surface area contributed by atoms with Gasteiger partial charge < -0.3 is 14.0 Å². The number of likely N-dealkylation sites (N-methyl/N-ethyl adjacent to an activating group) is 1. The van der Waals surface area contributed by atoms with Crippen molar-refractivity contribution in [2.75, 3.05) is 20.7 Å². The predicted octanol–water partition coefficient (Wildman–Crippen LogP) is 8.52. The summed E-state index contributed by atoms with van der Waals surface area (Å²) in [5.74, 6) is 0.784. The Balaban J connectivity index is 1.81. The molecule has 0 aliphatic carbocycles. The molecule has 2 unspecified atom stereocenters. The lowest BCUT2D eigenvalue weighted by atomic mass is 10.0. The van der Waals surface area contributed by atoms with E-state index in [9.17, 15) is 4.79 Å². The van der Waals surface area contributed by atoms with E-state index >= 15 is 0 Å². The van der Waals surface area contributed by atoms with Crippen LogP contribution in [0.25, 0.3) is 0 Å². The molecule has 4 heteroatoms. The highest BCUT2D eigenvalue weighted by Crippen LogP contribution is 2.23. The second-order valence-corrected chi connectivity index (χ2v) is 11.5. The van der Waals surface area contributed by atoms with Crippen molar-refractivity contribution >= 4 is 5.97 Å². The van der Waals surface area contributed by atoms with E-state index in [1.54, 1.807) is 0 Å². The third-order valence-electron chi connectivity index (χ3n) is 7.42. The van der Waals surface area contributed by atoms with E-state index in [1.165, 1.54) is 68.9 Å². The number of nitrogens with zero attached hydrogens (tertiary/aromatic N) is 1. The molecule has 2 rings (SSSR count). The predicted molar refractivity (Wildman–Crippen MR) is 159 cm³/mol. The Hall–Kier alpha value is -2.33. The molecule has 0 saturated heterocycles. The summed E-state index contributed by atoms with van der Waals surface area (Å²) in [5, 5.41) is 0. The maximum atomic E-state index is 13.2. The maximum Gasteiger partial charge on any atom is 0.365 e. The summed E-state index contributed by atoms with van der Waals surface area (Å²) >= 11 is 0. The molecule has 0 aliphatic heterocycles. The number of carbonyl (C=O) groups is 1. The molecule has 2 atom stereocenters. The van der Waals surface area contributed by atoms with Gasteiger partial charge >= 0.3 is 5.97 Å². The molecule has 0 fully saturated rings. The minimum absolute atomic E-state index is 0.133. The fraction of sp³-hybridized carbons (Fsp3) is 0.618. The maximum absolute atomic E-state index is 13.2. The molecule has 0 bridgehead atoms. The summed E-state index contributed by atoms with van der Waals surface area (Å²) in [4.78, 5) is 13.2. The van der Waals surface area contributed by atoms with E-state index < -0.39 is 0 Å². The number of carbonyl (C=O) groups excluding carboxylic acids is 1. The second-order valence-electron chi connectivity index (χ2n) is 11.5. The molecule has 0 radical (unpaired) electrons. The number of rotatable bonds is 20. The Bertz CT molecular complexity index is 896. The molecule has 0 N–H and O–H groups in total. The van der Waals surface area contributed by atoms with Crippen LogP contribution in [0.3, 0.4) is 0 Å². The van der Waals surface area contributed by atoms with Crippen LogP contribution in [0.4, 0.5) is 0 Å². The zero-order chi connectivity index (χ0) is 27.6. The lowest BCUT2D eigenvalue weighted by Gasteiger charge is -2.36. The van der Waals surface area contributed by atoms with Crippen LogP contribution in [-0.4, -0.2) is 43.3 Å². The van der Waals surface area contributed by atoms with Crippen LogP contribution < -0.4 is 4.74 Å². The minimum atomic E-state index is -0.202. The van der Waals surface area contributed by atoms with Gasteiger partial charge in [-0.3, -0.25) is 0 Å². The highest BCUT2D eigenvalue weighted by atomic mass is 16.6. The molecule has 0 spiro atoms. The van der Waals surface area contributed by atoms with Crippen molar-refractivity contribution in [3.05, 3.63) is 65.7 Å². The Morgan fingerprint density at radius 3 is 2.05 bits per heavy atom. The number of quaternary nitrogens is 1. The smallest absolute Gasteiger partial charge is 0.365 e. The summed E-state index contributed by atoms with van der Waals surface area (Å²) < 4.78 is 12.7. The molecule has 2 aromatic carbocycles. The number of hydrogen-bond donors (Lipinski definition) is 0. The topological polar surface area (TPSA) is 35.5 Å². The van der Waals surface area contributed by atoms with Gasteiger partial charge in [0, 0.05) is 12.0 Å². The first-order chi connectivity index (χ1) is 18.4. The van der Waals surface area contributed by atoms with E-state index in [4.69, 9.17) is 9.47 Å². The van der Waals surface area contributed by atoms with Crippen molar-refractivity contribution in [3.63, 3.8) is 0 Å². The van der Waals surface area contributed by atoms with E-state index in [-0.39, 0.29) is 24.7 Å². The van der Waals surface area contributed by atoms with E-state index in [0.29, 0.717) is 4.48 Å². The molecule has 0 amide bonds. The summed E-state index contributed by atoms with van der Waals surface area (Å²) in [5.41, 5.74) is 2.48. The number of aryl methyl sites for hydroxylation is 1. The van der Waals surface area contributed by atoms with E-state index in [2.05, 4.69) is 64.3 Å². The van der Waals surface area contributed by atoms with Crippen molar-refractivity contribution in [2.45, 2.75) is 117 Å². The van der Waals surface area contributed by atoms with Gasteiger partial charge in [0.2, 0.25) is 0 Å². The third-order valence-corrected chi connectivity index (χ3v) is 7.42. The molecule has 38 heavy (non-hydrogen) atoms. The van der Waals surface area contributed by atoms with Crippen LogP contribution in [0.15, 0.2) is 54.6 Å². The zero-order valence-electron chi connectivity index (χ0n) is 24.9. The van der Waals surface area contributed by atoms with Gasteiger partial charge in [0.1, 0.15) is 25.0 Å². The van der Waals surface area contributed by atoms with Gasteiger partial charge in [-0.25, -0.2) is 4.79 Å². The highest BCUT2D eigenvalue weighted by molar-refractivity contribution is 5.74. The van der Waals surface area contributed by atoms with Crippen LogP contribution in [0.1, 0.15) is 103 Å². The second kappa shape index (κ2) is 18.0. The minimum Gasteiger partial charge on any atom is -0.487 e. The molecule has 2 aromatic rings. The van der Waals surface area contributed by atoms with Gasteiger partial charge in [-0.15, -0.1) is 0 Å². The number of benzene rings is 2. The fourth-order valence-corrected chi connectivity index (χ4v) is 5.19. The van der Waals surface area contributed by atoms with Crippen molar-refractivity contribution in [1.82, 2.24) is 0 Å². The monoisotopic (exact) mass is 524 g/mol. The van der Waals surface area contributed by atoms with Gasteiger partial charge in [-0.05, 0) is 37.8 Å². The zero-order valence-corrected chi connectivity index (χ0v) is 24.9. The first-order valence-corrected chi connectivity index (χ1v) is 15.1. The Labute approximate surface area is 233 Å². The summed E-state index contributed by atoms with van der Waals surface area (Å²) in [6, 6.07) is 18.5. The molecule has 212 valence electrons.